The number of nitrogens with zero attached hydrogens (tertiary/aromatic N) is 3. The van der Waals surface area contributed by atoms with Crippen molar-refractivity contribution in [2.24, 2.45) is 4.99 Å². The molecule has 8 heteroatoms. The van der Waals surface area contributed by atoms with E-state index in [1.807, 2.05) is 0 Å². The SMILES string of the molecule is CCCn1c(=NC(=O)c2ccc(S(=O)(=O)N(C)C3CCCCC3)cc2)sc2cc(CC)ccc21. The summed E-state index contributed by atoms with van der Waals surface area (Å²) in [5.74, 6) is -0.364. The number of sulfonamides is 1. The predicted octanol–water partition coefficient (Wildman–Crippen LogP) is 5.37. The average molecular weight is 500 g/mol. The molecule has 1 saturated carbocycles. The van der Waals surface area contributed by atoms with Gasteiger partial charge in [0, 0.05) is 25.2 Å². The lowest BCUT2D eigenvalue weighted by molar-refractivity contribution is 0.0997. The van der Waals surface area contributed by atoms with E-state index in [-0.39, 0.29) is 16.8 Å². The number of fused-ring (bicyclic) bond motifs is 1. The Bertz CT molecular complexity index is 1330. The molecule has 0 unspecified atom stereocenters. The quantitative estimate of drug-likeness (QED) is 0.439. The van der Waals surface area contributed by atoms with Crippen molar-refractivity contribution in [3.8, 4) is 0 Å². The molecule has 0 saturated heterocycles. The fraction of sp³-hybridized carbons (Fsp3) is 0.462. The highest BCUT2D eigenvalue weighted by molar-refractivity contribution is 7.89. The molecule has 1 amide bonds. The Labute approximate surface area is 206 Å². The van der Waals surface area contributed by atoms with Crippen molar-refractivity contribution in [3.05, 3.63) is 58.4 Å². The van der Waals surface area contributed by atoms with Gasteiger partial charge in [-0.1, -0.05) is 50.5 Å². The minimum atomic E-state index is -3.59. The fourth-order valence-corrected chi connectivity index (χ4v) is 7.12. The Kier molecular flexibility index (Phi) is 7.70. The van der Waals surface area contributed by atoms with E-state index in [0.717, 1.165) is 55.3 Å². The second-order valence-corrected chi connectivity index (χ2v) is 12.0. The summed E-state index contributed by atoms with van der Waals surface area (Å²) in [7, 11) is -1.92. The van der Waals surface area contributed by atoms with Crippen molar-refractivity contribution >= 4 is 37.5 Å². The number of hydrogen-bond acceptors (Lipinski definition) is 4. The van der Waals surface area contributed by atoms with Gasteiger partial charge in [-0.15, -0.1) is 0 Å². The van der Waals surface area contributed by atoms with Crippen LogP contribution in [-0.2, 0) is 23.0 Å². The Morgan fingerprint density at radius 2 is 1.79 bits per heavy atom. The smallest absolute Gasteiger partial charge is 0.279 e. The molecule has 0 atom stereocenters. The fourth-order valence-electron chi connectivity index (χ4n) is 4.59. The number of aromatic nitrogens is 1. The van der Waals surface area contributed by atoms with Crippen LogP contribution in [0.25, 0.3) is 10.2 Å². The highest BCUT2D eigenvalue weighted by Crippen LogP contribution is 2.26. The molecule has 0 radical (unpaired) electrons. The van der Waals surface area contributed by atoms with Crippen LogP contribution in [0.4, 0.5) is 0 Å². The van der Waals surface area contributed by atoms with Crippen molar-refractivity contribution in [1.29, 1.82) is 0 Å². The summed E-state index contributed by atoms with van der Waals surface area (Å²) >= 11 is 1.52. The van der Waals surface area contributed by atoms with E-state index < -0.39 is 10.0 Å². The Morgan fingerprint density at radius 1 is 1.09 bits per heavy atom. The van der Waals surface area contributed by atoms with Crippen molar-refractivity contribution in [1.82, 2.24) is 8.87 Å². The molecule has 0 N–H and O–H groups in total. The summed E-state index contributed by atoms with van der Waals surface area (Å²) in [5.41, 5.74) is 2.72. The third-order valence-electron chi connectivity index (χ3n) is 6.67. The number of amides is 1. The lowest BCUT2D eigenvalue weighted by atomic mass is 9.96. The molecule has 182 valence electrons. The highest BCUT2D eigenvalue weighted by atomic mass is 32.2. The molecule has 0 bridgehead atoms. The normalized spacial score (nSPS) is 15.9. The summed E-state index contributed by atoms with van der Waals surface area (Å²) in [6, 6.07) is 12.6. The molecule has 6 nitrogen and oxygen atoms in total. The van der Waals surface area contributed by atoms with Crippen LogP contribution in [0.2, 0.25) is 0 Å². The van der Waals surface area contributed by atoms with Gasteiger partial charge in [0.25, 0.3) is 5.91 Å². The molecule has 4 rings (SSSR count). The first kappa shape index (κ1) is 24.8. The van der Waals surface area contributed by atoms with E-state index in [1.165, 1.54) is 39.8 Å². The molecule has 1 heterocycles. The van der Waals surface area contributed by atoms with Gasteiger partial charge >= 0.3 is 0 Å². The molecule has 0 aliphatic heterocycles. The van der Waals surface area contributed by atoms with Gasteiger partial charge in [0.15, 0.2) is 4.80 Å². The molecule has 1 aliphatic carbocycles. The average Bonchev–Trinajstić information content (AvgIpc) is 3.20. The third-order valence-corrected chi connectivity index (χ3v) is 9.63. The second kappa shape index (κ2) is 10.5. The predicted molar refractivity (Wildman–Crippen MR) is 138 cm³/mol. The first-order valence-electron chi connectivity index (χ1n) is 12.1. The summed E-state index contributed by atoms with van der Waals surface area (Å²) in [6.45, 7) is 5.01. The van der Waals surface area contributed by atoms with Crippen LogP contribution >= 0.6 is 11.3 Å². The van der Waals surface area contributed by atoms with Crippen molar-refractivity contribution in [2.45, 2.75) is 76.3 Å². The minimum absolute atomic E-state index is 0.0465. The van der Waals surface area contributed by atoms with Gasteiger partial charge in [-0.2, -0.15) is 9.30 Å². The summed E-state index contributed by atoms with van der Waals surface area (Å²) in [4.78, 5) is 18.3. The number of benzene rings is 2. The van der Waals surface area contributed by atoms with Crippen LogP contribution in [0.3, 0.4) is 0 Å². The topological polar surface area (TPSA) is 71.7 Å². The lowest BCUT2D eigenvalue weighted by Gasteiger charge is -2.30. The van der Waals surface area contributed by atoms with Crippen molar-refractivity contribution in [2.75, 3.05) is 7.05 Å². The number of rotatable bonds is 7. The molecular formula is C26H33N3O3S2. The number of hydrogen-bond donors (Lipinski definition) is 0. The van der Waals surface area contributed by atoms with Gasteiger partial charge in [-0.3, -0.25) is 4.79 Å². The molecule has 1 fully saturated rings. The maximum atomic E-state index is 13.1. The first-order valence-corrected chi connectivity index (χ1v) is 14.4. The van der Waals surface area contributed by atoms with Crippen LogP contribution in [-0.4, -0.2) is 36.3 Å². The van der Waals surface area contributed by atoms with E-state index in [9.17, 15) is 13.2 Å². The van der Waals surface area contributed by atoms with E-state index in [4.69, 9.17) is 0 Å². The Morgan fingerprint density at radius 3 is 2.44 bits per heavy atom. The minimum Gasteiger partial charge on any atom is -0.316 e. The Hall–Kier alpha value is -2.29. The number of thiazole rings is 1. The third kappa shape index (κ3) is 5.04. The molecule has 1 aromatic heterocycles. The van der Waals surface area contributed by atoms with Crippen LogP contribution in [0.1, 0.15) is 68.3 Å². The van der Waals surface area contributed by atoms with E-state index >= 15 is 0 Å². The zero-order chi connectivity index (χ0) is 24.3. The van der Waals surface area contributed by atoms with E-state index in [0.29, 0.717) is 10.4 Å². The Balaban J connectivity index is 1.62. The van der Waals surface area contributed by atoms with Crippen LogP contribution < -0.4 is 4.80 Å². The second-order valence-electron chi connectivity index (χ2n) is 8.95. The van der Waals surface area contributed by atoms with Gasteiger partial charge in [0.2, 0.25) is 10.0 Å². The number of carbonyl (C=O) groups excluding carboxylic acids is 1. The lowest BCUT2D eigenvalue weighted by Crippen LogP contribution is -2.38. The van der Waals surface area contributed by atoms with Crippen LogP contribution in [0.5, 0.6) is 0 Å². The van der Waals surface area contributed by atoms with E-state index in [2.05, 4.69) is 41.6 Å². The summed E-state index contributed by atoms with van der Waals surface area (Å²) in [5, 5.41) is 0. The largest absolute Gasteiger partial charge is 0.316 e. The number of aryl methyl sites for hydroxylation is 2. The standard InChI is InChI=1S/C26H33N3O3S2/c1-4-17-29-23-16-11-19(5-2)18-24(23)33-26(29)27-25(30)20-12-14-22(15-13-20)34(31,32)28(3)21-9-7-6-8-10-21/h11-16,18,21H,4-10,17H2,1-3H3. The number of carbonyl (C=O) groups is 1. The maximum Gasteiger partial charge on any atom is 0.279 e. The van der Waals surface area contributed by atoms with Crippen molar-refractivity contribution in [3.63, 3.8) is 0 Å². The van der Waals surface area contributed by atoms with Gasteiger partial charge in [0.1, 0.15) is 0 Å². The molecule has 34 heavy (non-hydrogen) atoms. The summed E-state index contributed by atoms with van der Waals surface area (Å²) in [6.07, 6.45) is 6.99. The first-order chi connectivity index (χ1) is 16.3. The molecule has 0 spiro atoms. The maximum absolute atomic E-state index is 13.1. The zero-order valence-corrected chi connectivity index (χ0v) is 21.8. The molecule has 2 aromatic carbocycles. The van der Waals surface area contributed by atoms with Gasteiger partial charge in [0.05, 0.1) is 15.1 Å². The van der Waals surface area contributed by atoms with Gasteiger partial charge in [-0.05, 0) is 67.6 Å². The molecular weight excluding hydrogens is 466 g/mol. The molecule has 3 aromatic rings. The van der Waals surface area contributed by atoms with Crippen LogP contribution in [0.15, 0.2) is 52.4 Å². The van der Waals surface area contributed by atoms with Gasteiger partial charge in [-0.25, -0.2) is 8.42 Å². The monoisotopic (exact) mass is 499 g/mol. The van der Waals surface area contributed by atoms with Crippen LogP contribution in [0, 0.1) is 0 Å². The van der Waals surface area contributed by atoms with Crippen molar-refractivity contribution < 1.29 is 13.2 Å². The summed E-state index contributed by atoms with van der Waals surface area (Å²) < 4.78 is 30.9. The van der Waals surface area contributed by atoms with Gasteiger partial charge < -0.3 is 4.57 Å². The highest BCUT2D eigenvalue weighted by Gasteiger charge is 2.29. The molecule has 1 aliphatic rings. The van der Waals surface area contributed by atoms with E-state index in [1.54, 1.807) is 19.2 Å². The zero-order valence-electron chi connectivity index (χ0n) is 20.2.